The third-order valence-electron chi connectivity index (χ3n) is 4.04. The van der Waals surface area contributed by atoms with E-state index >= 15 is 0 Å². The molecule has 4 nitrogen and oxygen atoms in total. The number of carbonyl (C=O) groups is 2. The largest absolute Gasteiger partial charge is 0.462 e. The molecule has 1 aliphatic rings. The molecule has 4 heteroatoms. The summed E-state index contributed by atoms with van der Waals surface area (Å²) < 4.78 is 4.82. The van der Waals surface area contributed by atoms with Gasteiger partial charge in [0.15, 0.2) is 0 Å². The lowest BCUT2D eigenvalue weighted by Crippen LogP contribution is -2.53. The van der Waals surface area contributed by atoms with E-state index in [0.29, 0.717) is 12.8 Å². The zero-order chi connectivity index (χ0) is 16.3. The van der Waals surface area contributed by atoms with Crippen molar-refractivity contribution in [1.29, 1.82) is 0 Å². The van der Waals surface area contributed by atoms with E-state index in [9.17, 15) is 14.7 Å². The molecular formula is C17H24O4. The summed E-state index contributed by atoms with van der Waals surface area (Å²) in [6, 6.07) is 0. The Balaban J connectivity index is 2.91. The van der Waals surface area contributed by atoms with Crippen LogP contribution in [-0.4, -0.2) is 29.1 Å². The maximum absolute atomic E-state index is 11.7. The SMILES string of the molecule is CC(=O)OCC=C(C)C#CC1(O)C(C)CC(=O)CC1(C)C. The van der Waals surface area contributed by atoms with Gasteiger partial charge in [0.25, 0.3) is 0 Å². The number of carbonyl (C=O) groups excluding carboxylic acids is 2. The lowest BCUT2D eigenvalue weighted by Gasteiger charge is -2.46. The van der Waals surface area contributed by atoms with Gasteiger partial charge in [-0.05, 0) is 18.6 Å². The minimum atomic E-state index is -1.20. The zero-order valence-electron chi connectivity index (χ0n) is 13.4. The van der Waals surface area contributed by atoms with Crippen LogP contribution in [0.2, 0.25) is 0 Å². The number of esters is 1. The molecule has 0 aromatic rings. The molecule has 0 heterocycles. The van der Waals surface area contributed by atoms with Gasteiger partial charge in [-0.2, -0.15) is 0 Å². The van der Waals surface area contributed by atoms with Crippen molar-refractivity contribution in [2.24, 2.45) is 11.3 Å². The van der Waals surface area contributed by atoms with Gasteiger partial charge in [-0.15, -0.1) is 0 Å². The standard InChI is InChI=1S/C17H24O4/c1-12(7-9-21-14(3)18)6-8-17(20)13(2)10-15(19)11-16(17,4)5/h7,13,20H,9-11H2,1-5H3. The van der Waals surface area contributed by atoms with Crippen LogP contribution in [0, 0.1) is 23.2 Å². The fraction of sp³-hybridized carbons (Fsp3) is 0.647. The second-order valence-electron chi connectivity index (χ2n) is 6.41. The number of rotatable bonds is 2. The van der Waals surface area contributed by atoms with E-state index in [1.807, 2.05) is 20.8 Å². The molecule has 0 radical (unpaired) electrons. The number of ketones is 1. The fourth-order valence-electron chi connectivity index (χ4n) is 2.68. The van der Waals surface area contributed by atoms with Crippen molar-refractivity contribution in [3.8, 4) is 11.8 Å². The highest BCUT2D eigenvalue weighted by molar-refractivity contribution is 5.81. The molecule has 0 aromatic carbocycles. The van der Waals surface area contributed by atoms with E-state index < -0.39 is 11.0 Å². The first-order valence-electron chi connectivity index (χ1n) is 7.16. The molecular weight excluding hydrogens is 268 g/mol. The van der Waals surface area contributed by atoms with Gasteiger partial charge < -0.3 is 9.84 Å². The Morgan fingerprint density at radius 3 is 2.62 bits per heavy atom. The summed E-state index contributed by atoms with van der Waals surface area (Å²) in [4.78, 5) is 22.4. The van der Waals surface area contributed by atoms with Gasteiger partial charge in [-0.1, -0.05) is 32.6 Å². The molecule has 116 valence electrons. The first kappa shape index (κ1) is 17.5. The quantitative estimate of drug-likeness (QED) is 0.626. The summed E-state index contributed by atoms with van der Waals surface area (Å²) in [5, 5.41) is 10.9. The summed E-state index contributed by atoms with van der Waals surface area (Å²) in [6.07, 6.45) is 2.38. The van der Waals surface area contributed by atoms with Crippen molar-refractivity contribution >= 4 is 11.8 Å². The predicted molar refractivity (Wildman–Crippen MR) is 80.3 cm³/mol. The fourth-order valence-corrected chi connectivity index (χ4v) is 2.68. The molecule has 0 saturated heterocycles. The number of Topliss-reactive ketones (excluding diaryl/α,β-unsaturated/α-hetero) is 1. The van der Waals surface area contributed by atoms with Gasteiger partial charge in [-0.25, -0.2) is 0 Å². The Morgan fingerprint density at radius 1 is 1.48 bits per heavy atom. The molecule has 2 unspecified atom stereocenters. The molecule has 21 heavy (non-hydrogen) atoms. The molecule has 1 saturated carbocycles. The van der Waals surface area contributed by atoms with Crippen molar-refractivity contribution in [2.75, 3.05) is 6.61 Å². The number of ether oxygens (including phenoxy) is 1. The highest BCUT2D eigenvalue weighted by atomic mass is 16.5. The summed E-state index contributed by atoms with van der Waals surface area (Å²) >= 11 is 0. The van der Waals surface area contributed by atoms with Gasteiger partial charge in [0.1, 0.15) is 18.0 Å². The first-order valence-corrected chi connectivity index (χ1v) is 7.16. The highest BCUT2D eigenvalue weighted by Gasteiger charge is 2.51. The number of aliphatic hydroxyl groups is 1. The molecule has 1 fully saturated rings. The molecule has 0 aliphatic heterocycles. The van der Waals surface area contributed by atoms with Crippen molar-refractivity contribution in [3.63, 3.8) is 0 Å². The molecule has 0 spiro atoms. The molecule has 1 aliphatic carbocycles. The highest BCUT2D eigenvalue weighted by Crippen LogP contribution is 2.45. The Bertz CT molecular complexity index is 519. The van der Waals surface area contributed by atoms with Crippen LogP contribution in [0.3, 0.4) is 0 Å². The van der Waals surface area contributed by atoms with Gasteiger partial charge in [0, 0.05) is 31.1 Å². The Hall–Kier alpha value is -1.60. The summed E-state index contributed by atoms with van der Waals surface area (Å²) in [6.45, 7) is 8.91. The predicted octanol–water partition coefficient (Wildman–Crippen LogP) is 2.26. The van der Waals surface area contributed by atoms with E-state index in [1.165, 1.54) is 6.92 Å². The summed E-state index contributed by atoms with van der Waals surface area (Å²) in [5.41, 5.74) is -1.05. The lowest BCUT2D eigenvalue weighted by molar-refractivity contribution is -0.141. The topological polar surface area (TPSA) is 63.6 Å². The number of hydrogen-bond donors (Lipinski definition) is 1. The van der Waals surface area contributed by atoms with Gasteiger partial charge in [0.2, 0.25) is 0 Å². The van der Waals surface area contributed by atoms with Crippen LogP contribution in [0.4, 0.5) is 0 Å². The summed E-state index contributed by atoms with van der Waals surface area (Å²) in [5.74, 6) is 5.49. The Morgan fingerprint density at radius 2 is 2.10 bits per heavy atom. The van der Waals surface area contributed by atoms with Crippen LogP contribution in [-0.2, 0) is 14.3 Å². The van der Waals surface area contributed by atoms with Gasteiger partial charge >= 0.3 is 5.97 Å². The molecule has 1 N–H and O–H groups in total. The molecule has 0 amide bonds. The van der Waals surface area contributed by atoms with Crippen molar-refractivity contribution in [3.05, 3.63) is 11.6 Å². The maximum Gasteiger partial charge on any atom is 0.302 e. The van der Waals surface area contributed by atoms with E-state index in [0.717, 1.165) is 5.57 Å². The van der Waals surface area contributed by atoms with E-state index in [4.69, 9.17) is 4.74 Å². The average Bonchev–Trinajstić information content (AvgIpc) is 2.32. The molecule has 0 aromatic heterocycles. The number of hydrogen-bond acceptors (Lipinski definition) is 4. The van der Waals surface area contributed by atoms with Crippen LogP contribution >= 0.6 is 0 Å². The third kappa shape index (κ3) is 4.18. The minimum absolute atomic E-state index is 0.168. The van der Waals surface area contributed by atoms with Gasteiger partial charge in [0.05, 0.1) is 0 Å². The monoisotopic (exact) mass is 292 g/mol. The molecule has 0 bridgehead atoms. The van der Waals surface area contributed by atoms with E-state index in [2.05, 4.69) is 11.8 Å². The molecule has 1 rings (SSSR count). The van der Waals surface area contributed by atoms with Crippen molar-refractivity contribution < 1.29 is 19.4 Å². The summed E-state index contributed by atoms with van der Waals surface area (Å²) in [7, 11) is 0. The maximum atomic E-state index is 11.7. The van der Waals surface area contributed by atoms with E-state index in [1.54, 1.807) is 13.0 Å². The lowest BCUT2D eigenvalue weighted by atomic mass is 9.60. The Labute approximate surface area is 126 Å². The molecule has 2 atom stereocenters. The number of allylic oxidation sites excluding steroid dienone is 1. The van der Waals surface area contributed by atoms with Crippen LogP contribution in [0.25, 0.3) is 0 Å². The Kier molecular flexibility index (Phi) is 5.36. The van der Waals surface area contributed by atoms with Crippen LogP contribution in [0.1, 0.15) is 47.5 Å². The van der Waals surface area contributed by atoms with Crippen LogP contribution < -0.4 is 0 Å². The minimum Gasteiger partial charge on any atom is -0.462 e. The van der Waals surface area contributed by atoms with Crippen LogP contribution in [0.5, 0.6) is 0 Å². The first-order chi connectivity index (χ1) is 9.58. The van der Waals surface area contributed by atoms with Gasteiger partial charge in [-0.3, -0.25) is 9.59 Å². The average molecular weight is 292 g/mol. The smallest absolute Gasteiger partial charge is 0.302 e. The normalized spacial score (nSPS) is 28.6. The van der Waals surface area contributed by atoms with Crippen molar-refractivity contribution in [1.82, 2.24) is 0 Å². The van der Waals surface area contributed by atoms with E-state index in [-0.39, 0.29) is 24.3 Å². The third-order valence-corrected chi connectivity index (χ3v) is 4.04. The second kappa shape index (κ2) is 6.44. The van der Waals surface area contributed by atoms with Crippen molar-refractivity contribution in [2.45, 2.75) is 53.1 Å². The van der Waals surface area contributed by atoms with Crippen LogP contribution in [0.15, 0.2) is 11.6 Å². The zero-order valence-corrected chi connectivity index (χ0v) is 13.4. The second-order valence-corrected chi connectivity index (χ2v) is 6.41.